The van der Waals surface area contributed by atoms with Crippen LogP contribution in [0.1, 0.15) is 12.0 Å². The predicted molar refractivity (Wildman–Crippen MR) is 163 cm³/mol. The van der Waals surface area contributed by atoms with Crippen molar-refractivity contribution in [3.63, 3.8) is 0 Å². The van der Waals surface area contributed by atoms with E-state index >= 15 is 4.39 Å². The highest BCUT2D eigenvalue weighted by atomic mass is 32.2. The maximum atomic E-state index is 15.0. The molecule has 1 aliphatic heterocycles. The normalized spacial score (nSPS) is 13.8. The molecule has 45 heavy (non-hydrogen) atoms. The summed E-state index contributed by atoms with van der Waals surface area (Å²) in [5.41, 5.74) is 0.827. The molecule has 0 aliphatic carbocycles. The highest BCUT2D eigenvalue weighted by molar-refractivity contribution is 7.89. The Morgan fingerprint density at radius 1 is 0.978 bits per heavy atom. The van der Waals surface area contributed by atoms with E-state index in [1.807, 2.05) is 4.72 Å². The number of nitrogens with zero attached hydrogens (tertiary/aromatic N) is 2. The fourth-order valence-electron chi connectivity index (χ4n) is 4.70. The first-order valence-electron chi connectivity index (χ1n) is 14.1. The van der Waals surface area contributed by atoms with E-state index in [1.165, 1.54) is 37.6 Å². The number of urea groups is 1. The van der Waals surface area contributed by atoms with Crippen LogP contribution in [0.25, 0.3) is 10.9 Å². The molecule has 0 atom stereocenters. The van der Waals surface area contributed by atoms with Crippen LogP contribution in [0, 0.1) is 11.6 Å². The number of halogens is 2. The molecular weight excluding hydrogens is 610 g/mol. The van der Waals surface area contributed by atoms with E-state index in [0.717, 1.165) is 57.5 Å². The van der Waals surface area contributed by atoms with Crippen molar-refractivity contribution in [1.82, 2.24) is 14.6 Å². The number of nitrogens with one attached hydrogen (secondary N) is 2. The molecule has 0 spiro atoms. The third-order valence-corrected chi connectivity index (χ3v) is 8.10. The molecule has 238 valence electrons. The minimum atomic E-state index is -4.10. The number of anilines is 1. The van der Waals surface area contributed by atoms with Gasteiger partial charge in [0, 0.05) is 49.0 Å². The molecule has 11 nitrogen and oxygen atoms in total. The first-order valence-corrected chi connectivity index (χ1v) is 15.8. The number of rotatable bonds is 12. The number of morpholine rings is 1. The Balaban J connectivity index is 1.21. The highest BCUT2D eigenvalue weighted by Crippen LogP contribution is 2.38. The first kappa shape index (κ1) is 31.9. The monoisotopic (exact) mass is 642 g/mol. The molecule has 2 amide bonds. The lowest BCUT2D eigenvalue weighted by Gasteiger charge is -2.26. The Kier molecular flexibility index (Phi) is 10.3. The number of aromatic nitrogens is 1. The van der Waals surface area contributed by atoms with Crippen LogP contribution in [-0.2, 0) is 20.5 Å². The fourth-order valence-corrected chi connectivity index (χ4v) is 5.74. The predicted octanol–water partition coefficient (Wildman–Crippen LogP) is 5.07. The van der Waals surface area contributed by atoms with Crippen LogP contribution in [0.4, 0.5) is 19.3 Å². The smallest absolute Gasteiger partial charge is 0.332 e. The largest absolute Gasteiger partial charge is 0.493 e. The van der Waals surface area contributed by atoms with Gasteiger partial charge in [-0.05, 0) is 48.4 Å². The molecule has 0 radical (unpaired) electrons. The highest BCUT2D eigenvalue weighted by Gasteiger charge is 2.18. The van der Waals surface area contributed by atoms with Gasteiger partial charge in [-0.15, -0.1) is 0 Å². The first-order chi connectivity index (χ1) is 21.7. The third kappa shape index (κ3) is 8.77. The van der Waals surface area contributed by atoms with Gasteiger partial charge in [0.15, 0.2) is 23.1 Å². The van der Waals surface area contributed by atoms with Gasteiger partial charge in [0.1, 0.15) is 11.6 Å². The van der Waals surface area contributed by atoms with Gasteiger partial charge in [-0.1, -0.05) is 12.1 Å². The molecule has 4 aromatic rings. The second-order valence-electron chi connectivity index (χ2n) is 10.2. The van der Waals surface area contributed by atoms with Crippen LogP contribution in [-0.4, -0.2) is 70.9 Å². The number of pyridine rings is 1. The lowest BCUT2D eigenvalue weighted by molar-refractivity contribution is 0.0357. The van der Waals surface area contributed by atoms with E-state index in [-0.39, 0.29) is 17.0 Å². The van der Waals surface area contributed by atoms with E-state index in [2.05, 4.69) is 15.2 Å². The molecule has 1 saturated heterocycles. The van der Waals surface area contributed by atoms with Crippen molar-refractivity contribution in [3.05, 3.63) is 84.1 Å². The number of ether oxygens (including phenoxy) is 4. The van der Waals surface area contributed by atoms with Gasteiger partial charge in [0.2, 0.25) is 10.0 Å². The van der Waals surface area contributed by atoms with Crippen LogP contribution in [0.15, 0.2) is 66.9 Å². The number of hydrogen-bond donors (Lipinski definition) is 2. The number of hydrogen-bond acceptors (Lipinski definition) is 9. The van der Waals surface area contributed by atoms with E-state index in [4.69, 9.17) is 18.9 Å². The second kappa shape index (κ2) is 14.5. The Labute approximate surface area is 259 Å². The van der Waals surface area contributed by atoms with Crippen LogP contribution in [0.3, 0.4) is 0 Å². The summed E-state index contributed by atoms with van der Waals surface area (Å²) >= 11 is 0. The molecule has 14 heteroatoms. The quantitative estimate of drug-likeness (QED) is 0.204. The summed E-state index contributed by atoms with van der Waals surface area (Å²) in [7, 11) is -2.58. The van der Waals surface area contributed by atoms with E-state index in [0.29, 0.717) is 34.8 Å². The Hall–Kier alpha value is -4.53. The lowest BCUT2D eigenvalue weighted by atomic mass is 10.1. The zero-order valence-corrected chi connectivity index (χ0v) is 25.2. The number of carbonyl (C=O) groups is 1. The van der Waals surface area contributed by atoms with Gasteiger partial charge in [-0.2, -0.15) is 0 Å². The summed E-state index contributed by atoms with van der Waals surface area (Å²) in [6.45, 7) is 4.68. The van der Waals surface area contributed by atoms with E-state index in [9.17, 15) is 17.6 Å². The maximum absolute atomic E-state index is 15.0. The van der Waals surface area contributed by atoms with E-state index in [1.54, 1.807) is 18.2 Å². The summed E-state index contributed by atoms with van der Waals surface area (Å²) in [5, 5.41) is 2.84. The second-order valence-corrected chi connectivity index (χ2v) is 11.9. The number of carbonyl (C=O) groups excluding carboxylic acids is 1. The standard InChI is InChI=1S/C31H32F2N4O7S/c1-41-29-18-24-26(19-30(29)43-14-2-11-37-12-15-42-16-13-37)34-10-9-27(24)44-28-8-7-23(17-25(28)33)35-31(38)36-45(39,40)20-21-3-5-22(32)6-4-21/h3-10,17-19H,2,11-16,20H2,1H3,(H2,35,36,38). The van der Waals surface area contributed by atoms with Gasteiger partial charge < -0.3 is 24.3 Å². The van der Waals surface area contributed by atoms with Crippen molar-refractivity contribution in [1.29, 1.82) is 0 Å². The number of sulfonamides is 1. The van der Waals surface area contributed by atoms with Gasteiger partial charge in [0.25, 0.3) is 0 Å². The minimum absolute atomic E-state index is 0.00833. The average molecular weight is 643 g/mol. The van der Waals surface area contributed by atoms with Crippen LogP contribution >= 0.6 is 0 Å². The van der Waals surface area contributed by atoms with Crippen molar-refractivity contribution in [2.45, 2.75) is 12.2 Å². The number of benzene rings is 3. The van der Waals surface area contributed by atoms with Gasteiger partial charge in [-0.25, -0.2) is 26.7 Å². The number of methoxy groups -OCH3 is 1. The van der Waals surface area contributed by atoms with Crippen LogP contribution in [0.2, 0.25) is 0 Å². The topological polar surface area (TPSA) is 128 Å². The lowest BCUT2D eigenvalue weighted by Crippen LogP contribution is -2.37. The Morgan fingerprint density at radius 2 is 1.76 bits per heavy atom. The minimum Gasteiger partial charge on any atom is -0.493 e. The molecule has 0 unspecified atom stereocenters. The number of fused-ring (bicyclic) bond motifs is 1. The summed E-state index contributed by atoms with van der Waals surface area (Å²) in [6.07, 6.45) is 2.35. The molecule has 0 bridgehead atoms. The summed E-state index contributed by atoms with van der Waals surface area (Å²) in [6, 6.07) is 12.4. The van der Waals surface area contributed by atoms with Crippen molar-refractivity contribution >= 4 is 32.6 Å². The zero-order chi connectivity index (χ0) is 31.8. The number of amides is 2. The third-order valence-electron chi connectivity index (χ3n) is 6.89. The van der Waals surface area contributed by atoms with Gasteiger partial charge >= 0.3 is 6.03 Å². The van der Waals surface area contributed by atoms with Crippen molar-refractivity contribution in [2.75, 3.05) is 51.9 Å². The molecule has 1 aromatic heterocycles. The Morgan fingerprint density at radius 3 is 2.49 bits per heavy atom. The Bertz CT molecular complexity index is 1750. The van der Waals surface area contributed by atoms with Crippen molar-refractivity contribution in [3.8, 4) is 23.0 Å². The molecule has 2 N–H and O–H groups in total. The molecule has 3 aromatic carbocycles. The SMILES string of the molecule is COc1cc2c(Oc3ccc(NC(=O)NS(=O)(=O)Cc4ccc(F)cc4)cc3F)ccnc2cc1OCCCN1CCOCC1. The average Bonchev–Trinajstić information content (AvgIpc) is 3.01. The van der Waals surface area contributed by atoms with Gasteiger partial charge in [-0.3, -0.25) is 9.88 Å². The maximum Gasteiger partial charge on any atom is 0.332 e. The van der Waals surface area contributed by atoms with Crippen molar-refractivity contribution in [2.24, 2.45) is 0 Å². The van der Waals surface area contributed by atoms with Gasteiger partial charge in [0.05, 0.1) is 38.2 Å². The molecule has 0 saturated carbocycles. The fraction of sp³-hybridized carbons (Fsp3) is 0.290. The molecular formula is C31H32F2N4O7S. The molecule has 1 aliphatic rings. The van der Waals surface area contributed by atoms with Crippen LogP contribution < -0.4 is 24.2 Å². The zero-order valence-electron chi connectivity index (χ0n) is 24.4. The molecule has 5 rings (SSSR count). The molecule has 2 heterocycles. The molecule has 1 fully saturated rings. The van der Waals surface area contributed by atoms with Crippen molar-refractivity contribution < 1.29 is 40.9 Å². The summed E-state index contributed by atoms with van der Waals surface area (Å²) in [4.78, 5) is 19.0. The van der Waals surface area contributed by atoms with E-state index < -0.39 is 33.4 Å². The van der Waals surface area contributed by atoms with Crippen LogP contribution in [0.5, 0.6) is 23.0 Å². The summed E-state index contributed by atoms with van der Waals surface area (Å²) in [5.74, 6) is -0.712. The summed E-state index contributed by atoms with van der Waals surface area (Å²) < 4.78 is 77.4.